The second-order valence-electron chi connectivity index (χ2n) is 8.05. The quantitative estimate of drug-likeness (QED) is 0.797. The Kier molecular flexibility index (Phi) is 4.35. The summed E-state index contributed by atoms with van der Waals surface area (Å²) < 4.78 is 19.0. The highest BCUT2D eigenvalue weighted by atomic mass is 19.1. The van der Waals surface area contributed by atoms with Gasteiger partial charge in [-0.1, -0.05) is 37.8 Å². The fraction of sp³-hybridized carbons (Fsp3) is 0.364. The number of benzene rings is 1. The third kappa shape index (κ3) is 3.80. The third-order valence-electron chi connectivity index (χ3n) is 5.12. The number of carbonyl (C=O) groups excluding carboxylic acids is 1. The van der Waals surface area contributed by atoms with Crippen molar-refractivity contribution in [3.63, 3.8) is 0 Å². The van der Waals surface area contributed by atoms with Crippen LogP contribution in [-0.4, -0.2) is 11.1 Å². The molecule has 1 amide bonds. The number of amides is 1. The van der Waals surface area contributed by atoms with Crippen LogP contribution in [0.1, 0.15) is 55.5 Å². The van der Waals surface area contributed by atoms with Crippen LogP contribution in [0, 0.1) is 29.0 Å². The summed E-state index contributed by atoms with van der Waals surface area (Å²) in [4.78, 5) is 16.1. The van der Waals surface area contributed by atoms with E-state index in [0.29, 0.717) is 16.9 Å². The summed E-state index contributed by atoms with van der Waals surface area (Å²) in [6, 6.07) is 7.58. The number of nitrogens with one attached hydrogen (secondary N) is 1. The van der Waals surface area contributed by atoms with Crippen LogP contribution in [0.2, 0.25) is 0 Å². The minimum Gasteiger partial charge on any atom is -0.439 e. The molecule has 138 valence electrons. The molecule has 2 heterocycles. The van der Waals surface area contributed by atoms with E-state index in [1.807, 2.05) is 6.07 Å². The van der Waals surface area contributed by atoms with Gasteiger partial charge in [0.15, 0.2) is 6.10 Å². The molecule has 1 aromatic heterocycles. The predicted octanol–water partition coefficient (Wildman–Crippen LogP) is 4.53. The number of ether oxygens (including phenoxy) is 1. The number of carbonyl (C=O) groups is 1. The molecule has 1 saturated heterocycles. The van der Waals surface area contributed by atoms with Crippen LogP contribution in [0.4, 0.5) is 9.18 Å². The van der Waals surface area contributed by atoms with Crippen molar-refractivity contribution in [1.82, 2.24) is 10.3 Å². The lowest BCUT2D eigenvalue weighted by Gasteiger charge is -2.39. The molecule has 4 rings (SSSR count). The van der Waals surface area contributed by atoms with E-state index in [9.17, 15) is 9.18 Å². The first kappa shape index (κ1) is 17.5. The van der Waals surface area contributed by atoms with Gasteiger partial charge in [0.2, 0.25) is 0 Å². The Morgan fingerprint density at radius 2 is 2.04 bits per heavy atom. The van der Waals surface area contributed by atoms with Crippen molar-refractivity contribution in [3.05, 3.63) is 65.2 Å². The van der Waals surface area contributed by atoms with Crippen molar-refractivity contribution < 1.29 is 13.9 Å². The van der Waals surface area contributed by atoms with Gasteiger partial charge in [-0.25, -0.2) is 9.18 Å². The third-order valence-corrected chi connectivity index (χ3v) is 5.12. The predicted molar refractivity (Wildman–Crippen MR) is 99.1 cm³/mol. The second kappa shape index (κ2) is 6.70. The average molecular weight is 364 g/mol. The highest BCUT2D eigenvalue weighted by Crippen LogP contribution is 2.44. The van der Waals surface area contributed by atoms with E-state index < -0.39 is 18.2 Å². The first-order valence-corrected chi connectivity index (χ1v) is 9.09. The lowest BCUT2D eigenvalue weighted by Crippen LogP contribution is -2.30. The summed E-state index contributed by atoms with van der Waals surface area (Å²) in [6.45, 7) is 4.51. The van der Waals surface area contributed by atoms with E-state index in [4.69, 9.17) is 4.74 Å². The molecule has 1 aromatic carbocycles. The van der Waals surface area contributed by atoms with Gasteiger partial charge in [0, 0.05) is 23.9 Å². The van der Waals surface area contributed by atoms with Crippen molar-refractivity contribution in [2.24, 2.45) is 11.3 Å². The number of pyridine rings is 1. The standard InChI is InChI=1S/C22H21FN2O2/c1-22(2)10-15(11-22)7-6-14-8-17(13-24-12-14)19-20(27-21(26)25-19)16-4-3-5-18(23)9-16/h3-5,8-9,12-13,15,19-20H,10-11H2,1-2H3,(H,25,26)/t19-,20-/m1/s1. The average Bonchev–Trinajstić information content (AvgIpc) is 3.00. The van der Waals surface area contributed by atoms with Crippen molar-refractivity contribution in [2.45, 2.75) is 38.8 Å². The van der Waals surface area contributed by atoms with Gasteiger partial charge >= 0.3 is 6.09 Å². The first-order chi connectivity index (χ1) is 12.9. The molecule has 1 N–H and O–H groups in total. The minimum atomic E-state index is -0.606. The van der Waals surface area contributed by atoms with Gasteiger partial charge in [-0.15, -0.1) is 0 Å². The number of alkyl carbamates (subject to hydrolysis) is 1. The van der Waals surface area contributed by atoms with Crippen LogP contribution in [0.15, 0.2) is 42.7 Å². The molecule has 1 aliphatic carbocycles. The molecule has 27 heavy (non-hydrogen) atoms. The van der Waals surface area contributed by atoms with Gasteiger partial charge in [-0.2, -0.15) is 0 Å². The molecule has 2 atom stereocenters. The summed E-state index contributed by atoms with van der Waals surface area (Å²) >= 11 is 0. The monoisotopic (exact) mass is 364 g/mol. The molecular weight excluding hydrogens is 343 g/mol. The van der Waals surface area contributed by atoms with Gasteiger partial charge < -0.3 is 10.1 Å². The summed E-state index contributed by atoms with van der Waals surface area (Å²) in [6.07, 6.45) is 4.49. The van der Waals surface area contributed by atoms with Crippen molar-refractivity contribution in [2.75, 3.05) is 0 Å². The maximum absolute atomic E-state index is 13.6. The van der Waals surface area contributed by atoms with Gasteiger partial charge in [-0.3, -0.25) is 4.98 Å². The number of hydrogen-bond donors (Lipinski definition) is 1. The Hall–Kier alpha value is -2.87. The first-order valence-electron chi connectivity index (χ1n) is 9.09. The smallest absolute Gasteiger partial charge is 0.408 e. The molecular formula is C22H21FN2O2. The van der Waals surface area contributed by atoms with E-state index in [-0.39, 0.29) is 5.82 Å². The molecule has 0 bridgehead atoms. The Morgan fingerprint density at radius 3 is 2.78 bits per heavy atom. The number of aromatic nitrogens is 1. The zero-order valence-electron chi connectivity index (χ0n) is 15.3. The van der Waals surface area contributed by atoms with E-state index in [1.165, 1.54) is 12.1 Å². The van der Waals surface area contributed by atoms with Gasteiger partial charge in [0.05, 0.1) is 0 Å². The molecule has 1 aliphatic heterocycles. The highest BCUT2D eigenvalue weighted by Gasteiger charge is 2.37. The summed E-state index contributed by atoms with van der Waals surface area (Å²) in [7, 11) is 0. The number of rotatable bonds is 2. The maximum Gasteiger partial charge on any atom is 0.408 e. The Balaban J connectivity index is 1.57. The molecule has 1 saturated carbocycles. The molecule has 0 radical (unpaired) electrons. The van der Waals surface area contributed by atoms with Crippen LogP contribution in [0.3, 0.4) is 0 Å². The largest absolute Gasteiger partial charge is 0.439 e. The van der Waals surface area contributed by atoms with Crippen LogP contribution >= 0.6 is 0 Å². The number of cyclic esters (lactones) is 1. The van der Waals surface area contributed by atoms with Crippen LogP contribution in [0.5, 0.6) is 0 Å². The molecule has 5 heteroatoms. The molecule has 2 aromatic rings. The second-order valence-corrected chi connectivity index (χ2v) is 8.05. The summed E-state index contributed by atoms with van der Waals surface area (Å²) in [5.74, 6) is 6.57. The van der Waals surface area contributed by atoms with Crippen LogP contribution in [-0.2, 0) is 4.74 Å². The SMILES string of the molecule is CC1(C)CC(C#Cc2cncc([C@H]3NC(=O)O[C@@H]3c3cccc(F)c3)c2)C1. The summed E-state index contributed by atoms with van der Waals surface area (Å²) in [5, 5.41) is 2.79. The lowest BCUT2D eigenvalue weighted by molar-refractivity contribution is 0.132. The maximum atomic E-state index is 13.6. The van der Waals surface area contributed by atoms with Crippen molar-refractivity contribution in [1.29, 1.82) is 0 Å². The zero-order chi connectivity index (χ0) is 19.0. The van der Waals surface area contributed by atoms with Crippen LogP contribution < -0.4 is 5.32 Å². The topological polar surface area (TPSA) is 51.2 Å². The normalized spacial score (nSPS) is 23.6. The van der Waals surface area contributed by atoms with Crippen molar-refractivity contribution in [3.8, 4) is 11.8 Å². The molecule has 2 aliphatic rings. The Bertz CT molecular complexity index is 937. The fourth-order valence-electron chi connectivity index (χ4n) is 3.88. The molecule has 0 spiro atoms. The fourth-order valence-corrected chi connectivity index (χ4v) is 3.88. The van der Waals surface area contributed by atoms with Gasteiger partial charge in [0.1, 0.15) is 11.9 Å². The number of nitrogens with zero attached hydrogens (tertiary/aromatic N) is 1. The minimum absolute atomic E-state index is 0.365. The van der Waals surface area contributed by atoms with Gasteiger partial charge in [0.25, 0.3) is 0 Å². The highest BCUT2D eigenvalue weighted by molar-refractivity contribution is 5.71. The zero-order valence-corrected chi connectivity index (χ0v) is 15.3. The van der Waals surface area contributed by atoms with Gasteiger partial charge in [-0.05, 0) is 47.6 Å². The van der Waals surface area contributed by atoms with Crippen molar-refractivity contribution >= 4 is 6.09 Å². The lowest BCUT2D eigenvalue weighted by atomic mass is 9.65. The molecule has 2 fully saturated rings. The molecule has 0 unspecified atom stereocenters. The van der Waals surface area contributed by atoms with E-state index in [2.05, 4.69) is 36.0 Å². The van der Waals surface area contributed by atoms with E-state index >= 15 is 0 Å². The summed E-state index contributed by atoms with van der Waals surface area (Å²) in [5.41, 5.74) is 2.59. The Labute approximate surface area is 158 Å². The van der Waals surface area contributed by atoms with Crippen LogP contribution in [0.25, 0.3) is 0 Å². The van der Waals surface area contributed by atoms with E-state index in [0.717, 1.165) is 24.0 Å². The number of hydrogen-bond acceptors (Lipinski definition) is 3. The molecule has 4 nitrogen and oxygen atoms in total. The van der Waals surface area contributed by atoms with E-state index in [1.54, 1.807) is 24.5 Å². The Morgan fingerprint density at radius 1 is 1.22 bits per heavy atom. The number of halogens is 1.